The maximum atomic E-state index is 13.4. The molecule has 2 fully saturated rings. The third-order valence-electron chi connectivity index (χ3n) is 4.78. The van der Waals surface area contributed by atoms with Crippen LogP contribution in [0, 0.1) is 11.7 Å². The molecule has 1 aromatic carbocycles. The summed E-state index contributed by atoms with van der Waals surface area (Å²) in [4.78, 5) is 2.58. The zero-order valence-electron chi connectivity index (χ0n) is 12.6. The van der Waals surface area contributed by atoms with E-state index in [9.17, 15) is 4.39 Å². The lowest BCUT2D eigenvalue weighted by molar-refractivity contribution is 0.184. The molecule has 116 valence electrons. The molecule has 1 saturated carbocycles. The van der Waals surface area contributed by atoms with Gasteiger partial charge in [-0.3, -0.25) is 4.90 Å². The van der Waals surface area contributed by atoms with E-state index in [0.717, 1.165) is 19.0 Å². The summed E-state index contributed by atoms with van der Waals surface area (Å²) in [6.45, 7) is 5.68. The van der Waals surface area contributed by atoms with Gasteiger partial charge in [0.1, 0.15) is 5.82 Å². The van der Waals surface area contributed by atoms with Crippen molar-refractivity contribution in [2.45, 2.75) is 44.7 Å². The van der Waals surface area contributed by atoms with Gasteiger partial charge in [0.25, 0.3) is 0 Å². The van der Waals surface area contributed by atoms with Crippen molar-refractivity contribution in [3.05, 3.63) is 34.1 Å². The van der Waals surface area contributed by atoms with E-state index in [1.54, 1.807) is 6.07 Å². The molecule has 1 heterocycles. The minimum Gasteiger partial charge on any atom is -0.313 e. The van der Waals surface area contributed by atoms with Crippen molar-refractivity contribution in [2.24, 2.45) is 5.92 Å². The van der Waals surface area contributed by atoms with Crippen LogP contribution in [-0.2, 0) is 0 Å². The van der Waals surface area contributed by atoms with Crippen molar-refractivity contribution in [3.63, 3.8) is 0 Å². The molecule has 2 atom stereocenters. The first-order valence-corrected chi connectivity index (χ1v) is 8.85. The number of rotatable bonds is 6. The number of nitrogens with zero attached hydrogens (tertiary/aromatic N) is 1. The number of benzene rings is 1. The Labute approximate surface area is 135 Å². The minimum absolute atomic E-state index is 0.183. The maximum absolute atomic E-state index is 13.4. The van der Waals surface area contributed by atoms with Crippen LogP contribution in [0.15, 0.2) is 22.7 Å². The second kappa shape index (κ2) is 6.76. The fourth-order valence-electron chi connectivity index (χ4n) is 3.20. The Bertz CT molecular complexity index is 484. The third-order valence-corrected chi connectivity index (χ3v) is 5.39. The summed E-state index contributed by atoms with van der Waals surface area (Å²) in [7, 11) is 0. The Hall–Kier alpha value is -0.450. The van der Waals surface area contributed by atoms with E-state index in [-0.39, 0.29) is 5.82 Å². The molecular weight excluding hydrogens is 331 g/mol. The monoisotopic (exact) mass is 354 g/mol. The fourth-order valence-corrected chi connectivity index (χ4v) is 3.60. The zero-order valence-corrected chi connectivity index (χ0v) is 14.2. The highest BCUT2D eigenvalue weighted by molar-refractivity contribution is 9.10. The Morgan fingerprint density at radius 3 is 2.76 bits per heavy atom. The van der Waals surface area contributed by atoms with Crippen molar-refractivity contribution >= 4 is 15.9 Å². The molecule has 3 rings (SSSR count). The third kappa shape index (κ3) is 4.05. The van der Waals surface area contributed by atoms with Gasteiger partial charge in [-0.25, -0.2) is 4.39 Å². The molecule has 2 unspecified atom stereocenters. The lowest BCUT2D eigenvalue weighted by atomic mass is 10.0. The average Bonchev–Trinajstić information content (AvgIpc) is 3.14. The summed E-state index contributed by atoms with van der Waals surface area (Å²) in [6, 6.07) is 6.38. The molecule has 1 aromatic rings. The molecule has 0 amide bonds. The minimum atomic E-state index is -0.183. The van der Waals surface area contributed by atoms with E-state index >= 15 is 0 Å². The van der Waals surface area contributed by atoms with Crippen LogP contribution in [0.5, 0.6) is 0 Å². The fraction of sp³-hybridized carbons (Fsp3) is 0.647. The van der Waals surface area contributed by atoms with Crippen LogP contribution in [0.1, 0.15) is 44.2 Å². The highest BCUT2D eigenvalue weighted by Gasteiger charge is 2.29. The van der Waals surface area contributed by atoms with Crippen molar-refractivity contribution in [3.8, 4) is 0 Å². The second-order valence-electron chi connectivity index (χ2n) is 6.54. The van der Waals surface area contributed by atoms with Crippen LogP contribution in [0.3, 0.4) is 0 Å². The number of nitrogens with one attached hydrogen (secondary N) is 1. The molecule has 0 bridgehead atoms. The summed E-state index contributed by atoms with van der Waals surface area (Å²) in [5.41, 5.74) is 1.20. The molecule has 1 N–H and O–H groups in total. The standard InChI is InChI=1S/C17H24BrFN2/c1-12(14-6-7-17(19)16(18)9-14)21(10-13-4-5-13)11-15-3-2-8-20-15/h6-7,9,12-13,15,20H,2-5,8,10-11H2,1H3. The highest BCUT2D eigenvalue weighted by Crippen LogP contribution is 2.34. The van der Waals surface area contributed by atoms with Crippen LogP contribution in [0.4, 0.5) is 4.39 Å². The highest BCUT2D eigenvalue weighted by atomic mass is 79.9. The van der Waals surface area contributed by atoms with Gasteiger partial charge in [-0.05, 0) is 78.7 Å². The van der Waals surface area contributed by atoms with E-state index in [1.807, 2.05) is 12.1 Å². The van der Waals surface area contributed by atoms with Crippen LogP contribution >= 0.6 is 15.9 Å². The second-order valence-corrected chi connectivity index (χ2v) is 7.39. The average molecular weight is 355 g/mol. The van der Waals surface area contributed by atoms with Crippen LogP contribution in [0.2, 0.25) is 0 Å². The van der Waals surface area contributed by atoms with E-state index in [4.69, 9.17) is 0 Å². The Kier molecular flexibility index (Phi) is 4.97. The van der Waals surface area contributed by atoms with Gasteiger partial charge < -0.3 is 5.32 Å². The summed E-state index contributed by atoms with van der Waals surface area (Å²) >= 11 is 3.31. The van der Waals surface area contributed by atoms with Gasteiger partial charge in [0, 0.05) is 25.2 Å². The molecule has 0 spiro atoms. The van der Waals surface area contributed by atoms with Gasteiger partial charge >= 0.3 is 0 Å². The first kappa shape index (κ1) is 15.4. The van der Waals surface area contributed by atoms with E-state index in [2.05, 4.69) is 33.1 Å². The molecule has 2 aliphatic rings. The maximum Gasteiger partial charge on any atom is 0.137 e. The Morgan fingerprint density at radius 1 is 1.33 bits per heavy atom. The van der Waals surface area contributed by atoms with Crippen molar-refractivity contribution in [1.29, 1.82) is 0 Å². The van der Waals surface area contributed by atoms with Gasteiger partial charge in [0.2, 0.25) is 0 Å². The summed E-state index contributed by atoms with van der Waals surface area (Å²) in [6.07, 6.45) is 5.31. The van der Waals surface area contributed by atoms with Crippen LogP contribution < -0.4 is 5.32 Å². The molecule has 4 heteroatoms. The summed E-state index contributed by atoms with van der Waals surface area (Å²) in [5, 5.41) is 3.60. The van der Waals surface area contributed by atoms with Crippen molar-refractivity contribution < 1.29 is 4.39 Å². The van der Waals surface area contributed by atoms with Gasteiger partial charge in [-0.2, -0.15) is 0 Å². The largest absolute Gasteiger partial charge is 0.313 e. The summed E-state index contributed by atoms with van der Waals surface area (Å²) in [5.74, 6) is 0.690. The SMILES string of the molecule is CC(c1ccc(F)c(Br)c1)N(CC1CC1)CC1CCCN1. The normalized spacial score (nSPS) is 23.7. The first-order valence-electron chi connectivity index (χ1n) is 8.06. The lowest BCUT2D eigenvalue weighted by Gasteiger charge is -2.32. The van der Waals surface area contributed by atoms with Gasteiger partial charge in [0.15, 0.2) is 0 Å². The van der Waals surface area contributed by atoms with Crippen molar-refractivity contribution in [2.75, 3.05) is 19.6 Å². The molecule has 1 aliphatic carbocycles. The molecule has 1 aliphatic heterocycles. The van der Waals surface area contributed by atoms with Crippen LogP contribution in [0.25, 0.3) is 0 Å². The number of hydrogen-bond donors (Lipinski definition) is 1. The Morgan fingerprint density at radius 2 is 2.14 bits per heavy atom. The number of hydrogen-bond acceptors (Lipinski definition) is 2. The topological polar surface area (TPSA) is 15.3 Å². The van der Waals surface area contributed by atoms with Gasteiger partial charge in [0.05, 0.1) is 4.47 Å². The molecule has 0 radical (unpaired) electrons. The van der Waals surface area contributed by atoms with Crippen molar-refractivity contribution in [1.82, 2.24) is 10.2 Å². The van der Waals surface area contributed by atoms with Gasteiger partial charge in [-0.1, -0.05) is 6.07 Å². The van der Waals surface area contributed by atoms with E-state index < -0.39 is 0 Å². The Balaban J connectivity index is 1.71. The molecule has 0 aromatic heterocycles. The van der Waals surface area contributed by atoms with Gasteiger partial charge in [-0.15, -0.1) is 0 Å². The van der Waals surface area contributed by atoms with Crippen LogP contribution in [-0.4, -0.2) is 30.6 Å². The predicted molar refractivity (Wildman–Crippen MR) is 87.8 cm³/mol. The quantitative estimate of drug-likeness (QED) is 0.826. The lowest BCUT2D eigenvalue weighted by Crippen LogP contribution is -2.40. The molecule has 21 heavy (non-hydrogen) atoms. The molecule has 2 nitrogen and oxygen atoms in total. The van der Waals surface area contributed by atoms with E-state index in [1.165, 1.54) is 37.8 Å². The smallest absolute Gasteiger partial charge is 0.137 e. The van der Waals surface area contributed by atoms with E-state index in [0.29, 0.717) is 16.6 Å². The first-order chi connectivity index (χ1) is 10.1. The molecule has 1 saturated heterocycles. The number of halogens is 2. The zero-order chi connectivity index (χ0) is 14.8. The molecular formula is C17H24BrFN2. The predicted octanol–water partition coefficient (Wildman–Crippen LogP) is 4.11. The summed E-state index contributed by atoms with van der Waals surface area (Å²) < 4.78 is 14.0.